The summed E-state index contributed by atoms with van der Waals surface area (Å²) >= 11 is 0. The Balaban J connectivity index is 1.66. The van der Waals surface area contributed by atoms with Gasteiger partial charge in [-0.15, -0.1) is 0 Å². The fourth-order valence-electron chi connectivity index (χ4n) is 4.02. The lowest BCUT2D eigenvalue weighted by atomic mass is 9.89. The zero-order valence-electron chi connectivity index (χ0n) is 16.2. The van der Waals surface area contributed by atoms with Gasteiger partial charge in [-0.25, -0.2) is 13.6 Å². The number of esters is 1. The number of carbonyl (C=O) groups is 2. The van der Waals surface area contributed by atoms with Gasteiger partial charge in [-0.05, 0) is 39.9 Å². The molecule has 0 aliphatic heterocycles. The summed E-state index contributed by atoms with van der Waals surface area (Å²) in [6.45, 7) is 0. The fourth-order valence-corrected chi connectivity index (χ4v) is 4.02. The number of methoxy groups -OCH3 is 1. The summed E-state index contributed by atoms with van der Waals surface area (Å²) in [5.74, 6) is -3.49. The topological polar surface area (TPSA) is 55.4 Å². The van der Waals surface area contributed by atoms with Gasteiger partial charge in [0.15, 0.2) is 11.6 Å². The molecule has 4 rings (SSSR count). The summed E-state index contributed by atoms with van der Waals surface area (Å²) in [6, 6.07) is 17.8. The van der Waals surface area contributed by atoms with Crippen LogP contribution < -0.4 is 5.32 Å². The van der Waals surface area contributed by atoms with Gasteiger partial charge in [-0.1, -0.05) is 54.6 Å². The number of amides is 1. The van der Waals surface area contributed by atoms with Gasteiger partial charge in [0, 0.05) is 5.92 Å². The minimum Gasteiger partial charge on any atom is -0.467 e. The first-order valence-corrected chi connectivity index (χ1v) is 9.49. The Bertz CT molecular complexity index is 1080. The van der Waals surface area contributed by atoms with E-state index in [-0.39, 0.29) is 6.42 Å². The molecule has 0 spiro atoms. The number of fused-ring (bicyclic) bond motifs is 3. The second kappa shape index (κ2) is 8.06. The van der Waals surface area contributed by atoms with E-state index in [4.69, 9.17) is 4.74 Å². The highest BCUT2D eigenvalue weighted by Crippen LogP contribution is 2.46. The Morgan fingerprint density at radius 3 is 2.10 bits per heavy atom. The third-order valence-corrected chi connectivity index (χ3v) is 5.34. The molecular formula is C24H19F2NO3. The molecule has 1 aliphatic rings. The van der Waals surface area contributed by atoms with E-state index in [0.717, 1.165) is 34.4 Å². The molecule has 3 aromatic rings. The molecule has 30 heavy (non-hydrogen) atoms. The van der Waals surface area contributed by atoms with Crippen molar-refractivity contribution in [1.29, 1.82) is 0 Å². The van der Waals surface area contributed by atoms with Crippen LogP contribution in [0.1, 0.15) is 22.6 Å². The van der Waals surface area contributed by atoms with Crippen LogP contribution in [0, 0.1) is 11.6 Å². The fraction of sp³-hybridized carbons (Fsp3) is 0.167. The number of ether oxygens (including phenoxy) is 1. The number of nitrogens with one attached hydrogen (secondary N) is 1. The first-order valence-electron chi connectivity index (χ1n) is 9.49. The van der Waals surface area contributed by atoms with Crippen molar-refractivity contribution in [2.75, 3.05) is 7.11 Å². The van der Waals surface area contributed by atoms with E-state index in [1.54, 1.807) is 0 Å². The van der Waals surface area contributed by atoms with E-state index in [0.29, 0.717) is 5.56 Å². The highest BCUT2D eigenvalue weighted by molar-refractivity contribution is 5.90. The predicted octanol–water partition coefficient (Wildman–Crippen LogP) is 3.98. The van der Waals surface area contributed by atoms with Crippen molar-refractivity contribution in [3.8, 4) is 11.1 Å². The lowest BCUT2D eigenvalue weighted by molar-refractivity contribution is -0.145. The average molecular weight is 407 g/mol. The molecule has 1 amide bonds. The van der Waals surface area contributed by atoms with Crippen LogP contribution in [0.4, 0.5) is 8.78 Å². The normalized spacial score (nSPS) is 13.3. The van der Waals surface area contributed by atoms with Crippen molar-refractivity contribution in [3.63, 3.8) is 0 Å². The molecule has 0 unspecified atom stereocenters. The number of hydrogen-bond acceptors (Lipinski definition) is 3. The van der Waals surface area contributed by atoms with Gasteiger partial charge < -0.3 is 10.1 Å². The second-order valence-electron chi connectivity index (χ2n) is 7.15. The lowest BCUT2D eigenvalue weighted by Gasteiger charge is -2.24. The Morgan fingerprint density at radius 1 is 0.933 bits per heavy atom. The molecule has 0 fully saturated rings. The number of carbonyl (C=O) groups excluding carboxylic acids is 2. The number of benzene rings is 3. The van der Waals surface area contributed by atoms with E-state index in [1.807, 2.05) is 48.5 Å². The minimum atomic E-state index is -1.02. The standard InChI is InChI=1S/C24H19F2NO3/c1-30-24(29)23(27-21(28)13-14-10-11-19(25)20(26)12-14)22-17-8-4-2-6-15(17)16-7-3-5-9-18(16)22/h2-12,22-23H,13H2,1H3,(H,27,28)/t23-/m0/s1. The van der Waals surface area contributed by atoms with Crippen LogP contribution >= 0.6 is 0 Å². The van der Waals surface area contributed by atoms with Crippen molar-refractivity contribution in [1.82, 2.24) is 5.32 Å². The van der Waals surface area contributed by atoms with Crippen LogP contribution in [0.25, 0.3) is 11.1 Å². The van der Waals surface area contributed by atoms with E-state index in [9.17, 15) is 18.4 Å². The molecule has 0 saturated carbocycles. The second-order valence-corrected chi connectivity index (χ2v) is 7.15. The van der Waals surface area contributed by atoms with Crippen molar-refractivity contribution < 1.29 is 23.1 Å². The van der Waals surface area contributed by atoms with Gasteiger partial charge in [0.2, 0.25) is 5.91 Å². The van der Waals surface area contributed by atoms with Crippen LogP contribution in [0.3, 0.4) is 0 Å². The van der Waals surface area contributed by atoms with Crippen LogP contribution in [0.2, 0.25) is 0 Å². The number of hydrogen-bond donors (Lipinski definition) is 1. The van der Waals surface area contributed by atoms with Crippen LogP contribution in [0.5, 0.6) is 0 Å². The maximum atomic E-state index is 13.5. The number of rotatable bonds is 5. The monoisotopic (exact) mass is 407 g/mol. The third-order valence-electron chi connectivity index (χ3n) is 5.34. The lowest BCUT2D eigenvalue weighted by Crippen LogP contribution is -2.46. The first kappa shape index (κ1) is 19.8. The molecule has 1 N–H and O–H groups in total. The highest BCUT2D eigenvalue weighted by Gasteiger charge is 2.39. The summed E-state index contributed by atoms with van der Waals surface area (Å²) in [5, 5.41) is 2.74. The molecule has 3 aromatic carbocycles. The van der Waals surface area contributed by atoms with Gasteiger partial charge >= 0.3 is 5.97 Å². The van der Waals surface area contributed by atoms with Crippen LogP contribution in [-0.2, 0) is 20.7 Å². The number of halogens is 2. The largest absolute Gasteiger partial charge is 0.467 e. The van der Waals surface area contributed by atoms with Gasteiger partial charge in [0.05, 0.1) is 13.5 Å². The van der Waals surface area contributed by atoms with Crippen molar-refractivity contribution >= 4 is 11.9 Å². The molecule has 152 valence electrons. The summed E-state index contributed by atoms with van der Waals surface area (Å²) in [5.41, 5.74) is 4.15. The molecule has 6 heteroatoms. The van der Waals surface area contributed by atoms with Crippen molar-refractivity contribution in [2.45, 2.75) is 18.4 Å². The van der Waals surface area contributed by atoms with E-state index in [1.165, 1.54) is 13.2 Å². The summed E-state index contributed by atoms with van der Waals surface area (Å²) in [7, 11) is 1.27. The Morgan fingerprint density at radius 2 is 1.53 bits per heavy atom. The molecule has 4 nitrogen and oxygen atoms in total. The van der Waals surface area contributed by atoms with Gasteiger partial charge in [0.1, 0.15) is 6.04 Å². The zero-order chi connectivity index (χ0) is 21.3. The van der Waals surface area contributed by atoms with Crippen molar-refractivity contribution in [2.24, 2.45) is 0 Å². The summed E-state index contributed by atoms with van der Waals surface area (Å²) < 4.78 is 31.6. The smallest absolute Gasteiger partial charge is 0.329 e. The predicted molar refractivity (Wildman–Crippen MR) is 108 cm³/mol. The molecule has 0 aromatic heterocycles. The minimum absolute atomic E-state index is 0.194. The Labute approximate surface area is 172 Å². The quantitative estimate of drug-likeness (QED) is 0.651. The molecular weight excluding hydrogens is 388 g/mol. The molecule has 0 bridgehead atoms. The SMILES string of the molecule is COC(=O)[C@@H](NC(=O)Cc1ccc(F)c(F)c1)C1c2ccccc2-c2ccccc21. The Kier molecular flexibility index (Phi) is 5.31. The molecule has 0 saturated heterocycles. The maximum absolute atomic E-state index is 13.5. The van der Waals surface area contributed by atoms with Crippen LogP contribution in [-0.4, -0.2) is 25.0 Å². The average Bonchev–Trinajstić information content (AvgIpc) is 3.08. The summed E-state index contributed by atoms with van der Waals surface area (Å²) in [4.78, 5) is 25.3. The highest BCUT2D eigenvalue weighted by atomic mass is 19.2. The summed E-state index contributed by atoms with van der Waals surface area (Å²) in [6.07, 6.45) is -0.194. The van der Waals surface area contributed by atoms with Gasteiger partial charge in [-0.3, -0.25) is 4.79 Å². The first-order chi connectivity index (χ1) is 14.5. The van der Waals surface area contributed by atoms with Crippen molar-refractivity contribution in [3.05, 3.63) is 95.1 Å². The maximum Gasteiger partial charge on any atom is 0.329 e. The zero-order valence-corrected chi connectivity index (χ0v) is 16.2. The molecule has 0 heterocycles. The van der Waals surface area contributed by atoms with Crippen LogP contribution in [0.15, 0.2) is 66.7 Å². The molecule has 1 aliphatic carbocycles. The molecule has 1 atom stereocenters. The van der Waals surface area contributed by atoms with E-state index in [2.05, 4.69) is 5.32 Å². The van der Waals surface area contributed by atoms with E-state index >= 15 is 0 Å². The molecule has 0 radical (unpaired) electrons. The van der Waals surface area contributed by atoms with E-state index < -0.39 is 35.5 Å². The van der Waals surface area contributed by atoms with Gasteiger partial charge in [0.25, 0.3) is 0 Å². The third kappa shape index (κ3) is 3.56. The van der Waals surface area contributed by atoms with Gasteiger partial charge in [-0.2, -0.15) is 0 Å². The Hall–Kier alpha value is -3.54.